The van der Waals surface area contributed by atoms with E-state index in [-0.39, 0.29) is 18.4 Å². The van der Waals surface area contributed by atoms with Gasteiger partial charge in [-0.1, -0.05) is 18.2 Å². The summed E-state index contributed by atoms with van der Waals surface area (Å²) in [5, 5.41) is 0. The van der Waals surface area contributed by atoms with Crippen molar-refractivity contribution in [2.45, 2.75) is 32.1 Å². The molecule has 2 aromatic rings. The summed E-state index contributed by atoms with van der Waals surface area (Å²) in [6.45, 7) is 1.11. The van der Waals surface area contributed by atoms with E-state index in [1.165, 1.54) is 33.8 Å². The van der Waals surface area contributed by atoms with Crippen molar-refractivity contribution in [3.05, 3.63) is 51.2 Å². The maximum absolute atomic E-state index is 12.2. The zero-order chi connectivity index (χ0) is 17.2. The van der Waals surface area contributed by atoms with Crippen LogP contribution in [0.2, 0.25) is 0 Å². The van der Waals surface area contributed by atoms with Gasteiger partial charge >= 0.3 is 0 Å². The molecular weight excluding hydrogens is 334 g/mol. The first-order valence-corrected chi connectivity index (χ1v) is 9.56. The molecule has 0 unspecified atom stereocenters. The minimum atomic E-state index is -0.230. The van der Waals surface area contributed by atoms with Crippen LogP contribution in [0.15, 0.2) is 30.3 Å². The molecule has 0 saturated heterocycles. The van der Waals surface area contributed by atoms with Crippen molar-refractivity contribution in [3.63, 3.8) is 0 Å². The lowest BCUT2D eigenvalue weighted by Crippen LogP contribution is -2.47. The molecule has 2 heterocycles. The van der Waals surface area contributed by atoms with E-state index in [1.807, 2.05) is 24.3 Å². The van der Waals surface area contributed by atoms with Crippen LogP contribution in [0.25, 0.3) is 0 Å². The minimum absolute atomic E-state index is 0.200. The normalized spacial score (nSPS) is 15.4. The Morgan fingerprint density at radius 3 is 2.76 bits per heavy atom. The highest BCUT2D eigenvalue weighted by Gasteiger charge is 2.20. The van der Waals surface area contributed by atoms with E-state index in [0.29, 0.717) is 4.88 Å². The van der Waals surface area contributed by atoms with Crippen molar-refractivity contribution in [1.82, 2.24) is 10.9 Å². The van der Waals surface area contributed by atoms with Gasteiger partial charge in [0.2, 0.25) is 0 Å². The van der Waals surface area contributed by atoms with Crippen molar-refractivity contribution in [3.8, 4) is 0 Å². The van der Waals surface area contributed by atoms with Crippen LogP contribution in [0.3, 0.4) is 0 Å². The van der Waals surface area contributed by atoms with Crippen LogP contribution >= 0.6 is 11.3 Å². The van der Waals surface area contributed by atoms with Gasteiger partial charge < -0.3 is 4.90 Å². The monoisotopic (exact) mass is 355 g/mol. The van der Waals surface area contributed by atoms with Crippen LogP contribution < -0.4 is 15.8 Å². The van der Waals surface area contributed by atoms with Crippen molar-refractivity contribution in [2.75, 3.05) is 18.0 Å². The van der Waals surface area contributed by atoms with E-state index in [0.717, 1.165) is 37.9 Å². The molecule has 5 nitrogen and oxygen atoms in total. The Labute approximate surface area is 151 Å². The highest BCUT2D eigenvalue weighted by Crippen LogP contribution is 2.30. The van der Waals surface area contributed by atoms with E-state index in [4.69, 9.17) is 0 Å². The Bertz CT molecular complexity index is 793. The number of para-hydroxylation sites is 1. The van der Waals surface area contributed by atoms with E-state index in [2.05, 4.69) is 21.8 Å². The van der Waals surface area contributed by atoms with Gasteiger partial charge in [0.05, 0.1) is 11.4 Å². The zero-order valence-corrected chi connectivity index (χ0v) is 14.8. The number of hydrogen-bond acceptors (Lipinski definition) is 4. The minimum Gasteiger partial charge on any atom is -0.362 e. The molecule has 0 bridgehead atoms. The summed E-state index contributed by atoms with van der Waals surface area (Å²) < 4.78 is 0. The van der Waals surface area contributed by atoms with E-state index >= 15 is 0 Å². The van der Waals surface area contributed by atoms with Gasteiger partial charge in [-0.15, -0.1) is 11.3 Å². The zero-order valence-electron chi connectivity index (χ0n) is 14.0. The van der Waals surface area contributed by atoms with Crippen LogP contribution in [-0.4, -0.2) is 24.9 Å². The Kier molecular flexibility index (Phi) is 4.44. The number of fused-ring (bicyclic) bond motifs is 2. The summed E-state index contributed by atoms with van der Waals surface area (Å²) >= 11 is 1.53. The van der Waals surface area contributed by atoms with Crippen LogP contribution in [0.4, 0.5) is 5.69 Å². The number of nitrogens with zero attached hydrogens (tertiary/aromatic N) is 1. The number of benzene rings is 1. The lowest BCUT2D eigenvalue weighted by atomic mass is 10.0. The fraction of sp³-hybridized carbons (Fsp3) is 0.368. The van der Waals surface area contributed by atoms with Gasteiger partial charge in [0.25, 0.3) is 11.8 Å². The van der Waals surface area contributed by atoms with Gasteiger partial charge in [-0.25, -0.2) is 0 Å². The fourth-order valence-corrected chi connectivity index (χ4v) is 4.77. The highest BCUT2D eigenvalue weighted by atomic mass is 32.1. The summed E-state index contributed by atoms with van der Waals surface area (Å²) in [5.74, 6) is -0.430. The molecule has 1 aromatic heterocycles. The molecule has 4 rings (SSSR count). The molecule has 2 aliphatic rings. The summed E-state index contributed by atoms with van der Waals surface area (Å²) in [6, 6.07) is 10.1. The van der Waals surface area contributed by atoms with Gasteiger partial charge in [-0.3, -0.25) is 20.4 Å². The fourth-order valence-electron chi connectivity index (χ4n) is 3.62. The molecule has 1 aliphatic heterocycles. The molecule has 130 valence electrons. The quantitative estimate of drug-likeness (QED) is 0.832. The maximum Gasteiger partial charge on any atom is 0.279 e. The average Bonchev–Trinajstić information content (AvgIpc) is 3.22. The number of hydrogen-bond donors (Lipinski definition) is 2. The van der Waals surface area contributed by atoms with Gasteiger partial charge in [0.1, 0.15) is 0 Å². The summed E-state index contributed by atoms with van der Waals surface area (Å²) in [4.78, 5) is 28.5. The first-order chi connectivity index (χ1) is 12.2. The Morgan fingerprint density at radius 2 is 1.88 bits per heavy atom. The first-order valence-electron chi connectivity index (χ1n) is 8.74. The third-order valence-electron chi connectivity index (χ3n) is 4.83. The summed E-state index contributed by atoms with van der Waals surface area (Å²) in [6.07, 6.45) is 5.39. The van der Waals surface area contributed by atoms with Crippen molar-refractivity contribution in [2.24, 2.45) is 0 Å². The average molecular weight is 355 g/mol. The van der Waals surface area contributed by atoms with Crippen LogP contribution in [-0.2, 0) is 24.1 Å². The largest absolute Gasteiger partial charge is 0.362 e. The molecule has 6 heteroatoms. The van der Waals surface area contributed by atoms with Gasteiger partial charge in [0.15, 0.2) is 0 Å². The SMILES string of the molecule is O=C(CN1CCCc2ccccc21)NNC(=O)c1cc2c(s1)CCC2. The molecule has 1 aromatic carbocycles. The molecule has 0 fully saturated rings. The second-order valence-corrected chi connectivity index (χ2v) is 7.71. The number of thiophene rings is 1. The second kappa shape index (κ2) is 6.88. The number of hydrazine groups is 1. The predicted octanol–water partition coefficient (Wildman–Crippen LogP) is 2.45. The second-order valence-electron chi connectivity index (χ2n) is 6.57. The summed E-state index contributed by atoms with van der Waals surface area (Å²) in [7, 11) is 0. The Hall–Kier alpha value is -2.34. The lowest BCUT2D eigenvalue weighted by Gasteiger charge is -2.30. The molecule has 0 spiro atoms. The molecular formula is C19H21N3O2S. The standard InChI is InChI=1S/C19H21N3O2S/c23-18(12-22-10-4-7-13-5-1-2-8-15(13)22)20-21-19(24)17-11-14-6-3-9-16(14)25-17/h1-2,5,8,11H,3-4,6-7,9-10,12H2,(H,20,23)(H,21,24). The number of anilines is 1. The Balaban J connectivity index is 1.33. The first kappa shape index (κ1) is 16.1. The lowest BCUT2D eigenvalue weighted by molar-refractivity contribution is -0.120. The number of aryl methyl sites for hydroxylation is 3. The number of rotatable bonds is 3. The van der Waals surface area contributed by atoms with E-state index < -0.39 is 0 Å². The number of nitrogens with one attached hydrogen (secondary N) is 2. The maximum atomic E-state index is 12.2. The van der Waals surface area contributed by atoms with Crippen molar-refractivity contribution >= 4 is 28.8 Å². The van der Waals surface area contributed by atoms with Gasteiger partial charge in [0, 0.05) is 17.1 Å². The van der Waals surface area contributed by atoms with Crippen LogP contribution in [0, 0.1) is 0 Å². The molecule has 25 heavy (non-hydrogen) atoms. The molecule has 0 saturated carbocycles. The smallest absolute Gasteiger partial charge is 0.279 e. The molecule has 0 radical (unpaired) electrons. The Morgan fingerprint density at radius 1 is 1.04 bits per heavy atom. The number of carbonyl (C=O) groups excluding carboxylic acids is 2. The molecule has 1 aliphatic carbocycles. The van der Waals surface area contributed by atoms with Crippen molar-refractivity contribution in [1.29, 1.82) is 0 Å². The third kappa shape index (κ3) is 3.39. The van der Waals surface area contributed by atoms with Crippen molar-refractivity contribution < 1.29 is 9.59 Å². The number of carbonyl (C=O) groups is 2. The van der Waals surface area contributed by atoms with E-state index in [1.54, 1.807) is 0 Å². The third-order valence-corrected chi connectivity index (χ3v) is 6.06. The predicted molar refractivity (Wildman–Crippen MR) is 98.9 cm³/mol. The molecule has 0 atom stereocenters. The number of amides is 2. The van der Waals surface area contributed by atoms with Gasteiger partial charge in [-0.2, -0.15) is 0 Å². The van der Waals surface area contributed by atoms with Crippen LogP contribution in [0.5, 0.6) is 0 Å². The summed E-state index contributed by atoms with van der Waals surface area (Å²) in [5.41, 5.74) is 8.77. The van der Waals surface area contributed by atoms with Crippen LogP contribution in [0.1, 0.15) is 38.5 Å². The highest BCUT2D eigenvalue weighted by molar-refractivity contribution is 7.14. The van der Waals surface area contributed by atoms with Gasteiger partial charge in [-0.05, 0) is 55.4 Å². The molecule has 2 amide bonds. The topological polar surface area (TPSA) is 61.4 Å². The van der Waals surface area contributed by atoms with E-state index in [9.17, 15) is 9.59 Å². The molecule has 2 N–H and O–H groups in total.